The summed E-state index contributed by atoms with van der Waals surface area (Å²) in [6.45, 7) is 9.80. The number of nitrogens with zero attached hydrogens (tertiary/aromatic N) is 1. The first-order chi connectivity index (χ1) is 11.9. The van der Waals surface area contributed by atoms with Crippen LogP contribution in [0.5, 0.6) is 0 Å². The standard InChI is InChI=1S/C22H28N2O/c1-15-11-16(2)13-19(12-15)20-9-6-10-24(20)14-21(25)23-22-17(3)7-5-8-18(22)4/h5,7-8,11-13,20H,6,9-10,14H2,1-4H3,(H,23,25). The molecule has 1 aliphatic rings. The van der Waals surface area contributed by atoms with Crippen molar-refractivity contribution >= 4 is 11.6 Å². The Hall–Kier alpha value is -2.13. The van der Waals surface area contributed by atoms with Crippen molar-refractivity contribution in [3.05, 3.63) is 64.2 Å². The lowest BCUT2D eigenvalue weighted by molar-refractivity contribution is -0.117. The molecule has 1 atom stereocenters. The lowest BCUT2D eigenvalue weighted by Gasteiger charge is -2.25. The van der Waals surface area contributed by atoms with E-state index in [1.807, 2.05) is 32.0 Å². The van der Waals surface area contributed by atoms with Crippen LogP contribution in [0.1, 0.15) is 46.7 Å². The second-order valence-corrected chi connectivity index (χ2v) is 7.36. The summed E-state index contributed by atoms with van der Waals surface area (Å²) in [6, 6.07) is 13.2. The minimum absolute atomic E-state index is 0.0775. The fourth-order valence-electron chi connectivity index (χ4n) is 3.97. The summed E-state index contributed by atoms with van der Waals surface area (Å²) in [4.78, 5) is 14.9. The Morgan fingerprint density at radius 2 is 1.72 bits per heavy atom. The van der Waals surface area contributed by atoms with Gasteiger partial charge in [0.1, 0.15) is 0 Å². The SMILES string of the molecule is Cc1cc(C)cc(C2CCCN2CC(=O)Nc2c(C)cccc2C)c1. The smallest absolute Gasteiger partial charge is 0.238 e. The quantitative estimate of drug-likeness (QED) is 0.878. The Morgan fingerprint density at radius 1 is 1.08 bits per heavy atom. The highest BCUT2D eigenvalue weighted by Crippen LogP contribution is 2.32. The van der Waals surface area contributed by atoms with Crippen molar-refractivity contribution in [3.8, 4) is 0 Å². The van der Waals surface area contributed by atoms with E-state index in [1.165, 1.54) is 16.7 Å². The van der Waals surface area contributed by atoms with Crippen molar-refractivity contribution in [1.29, 1.82) is 0 Å². The number of benzene rings is 2. The summed E-state index contributed by atoms with van der Waals surface area (Å²) in [5, 5.41) is 3.12. The van der Waals surface area contributed by atoms with Gasteiger partial charge in [-0.05, 0) is 63.8 Å². The molecule has 1 fully saturated rings. The maximum atomic E-state index is 12.6. The molecule has 0 saturated carbocycles. The second-order valence-electron chi connectivity index (χ2n) is 7.36. The molecule has 1 heterocycles. The molecule has 0 spiro atoms. The van der Waals surface area contributed by atoms with E-state index in [4.69, 9.17) is 0 Å². The monoisotopic (exact) mass is 336 g/mol. The third kappa shape index (κ3) is 4.10. The van der Waals surface area contributed by atoms with Crippen LogP contribution in [0, 0.1) is 27.7 Å². The number of amides is 1. The van der Waals surface area contributed by atoms with Gasteiger partial charge in [0.05, 0.1) is 6.54 Å². The first-order valence-electron chi connectivity index (χ1n) is 9.12. The van der Waals surface area contributed by atoms with E-state index >= 15 is 0 Å². The number of anilines is 1. The van der Waals surface area contributed by atoms with Crippen LogP contribution in [0.25, 0.3) is 0 Å². The van der Waals surface area contributed by atoms with Crippen LogP contribution in [0.15, 0.2) is 36.4 Å². The van der Waals surface area contributed by atoms with Crippen LogP contribution >= 0.6 is 0 Å². The van der Waals surface area contributed by atoms with Gasteiger partial charge in [-0.1, -0.05) is 47.5 Å². The predicted molar refractivity (Wildman–Crippen MR) is 104 cm³/mol. The van der Waals surface area contributed by atoms with Crippen LogP contribution in [0.4, 0.5) is 5.69 Å². The van der Waals surface area contributed by atoms with Gasteiger partial charge in [0.2, 0.25) is 5.91 Å². The molecule has 0 bridgehead atoms. The third-order valence-electron chi connectivity index (χ3n) is 5.08. The number of nitrogens with one attached hydrogen (secondary N) is 1. The Kier molecular flexibility index (Phi) is 5.24. The van der Waals surface area contributed by atoms with Crippen LogP contribution in [-0.2, 0) is 4.79 Å². The molecule has 1 unspecified atom stereocenters. The van der Waals surface area contributed by atoms with E-state index in [0.29, 0.717) is 12.6 Å². The number of hydrogen-bond acceptors (Lipinski definition) is 2. The second kappa shape index (κ2) is 7.40. The van der Waals surface area contributed by atoms with Crippen molar-refractivity contribution in [2.75, 3.05) is 18.4 Å². The highest BCUT2D eigenvalue weighted by Gasteiger charge is 2.28. The predicted octanol–water partition coefficient (Wildman–Crippen LogP) is 4.70. The van der Waals surface area contributed by atoms with Gasteiger partial charge in [0.25, 0.3) is 0 Å². The molecule has 3 rings (SSSR count). The largest absolute Gasteiger partial charge is 0.324 e. The molecule has 1 amide bonds. The van der Waals surface area contributed by atoms with Gasteiger partial charge in [0, 0.05) is 11.7 Å². The Labute approximate surface area is 151 Å². The molecule has 132 valence electrons. The number of para-hydroxylation sites is 1. The first kappa shape index (κ1) is 17.7. The van der Waals surface area contributed by atoms with Crippen LogP contribution < -0.4 is 5.32 Å². The normalized spacial score (nSPS) is 17.7. The van der Waals surface area contributed by atoms with Crippen molar-refractivity contribution in [2.24, 2.45) is 0 Å². The van der Waals surface area contributed by atoms with Crippen molar-refractivity contribution in [3.63, 3.8) is 0 Å². The molecule has 2 aromatic carbocycles. The lowest BCUT2D eigenvalue weighted by Crippen LogP contribution is -2.33. The minimum atomic E-state index is 0.0775. The molecule has 3 heteroatoms. The zero-order chi connectivity index (χ0) is 18.0. The van der Waals surface area contributed by atoms with Crippen molar-refractivity contribution < 1.29 is 4.79 Å². The average molecular weight is 336 g/mol. The molecular weight excluding hydrogens is 308 g/mol. The first-order valence-corrected chi connectivity index (χ1v) is 9.12. The number of rotatable bonds is 4. The molecule has 25 heavy (non-hydrogen) atoms. The summed E-state index contributed by atoms with van der Waals surface area (Å²) >= 11 is 0. The van der Waals surface area contributed by atoms with Crippen LogP contribution in [0.3, 0.4) is 0 Å². The van der Waals surface area contributed by atoms with E-state index < -0.39 is 0 Å². The van der Waals surface area contributed by atoms with Gasteiger partial charge in [-0.15, -0.1) is 0 Å². The van der Waals surface area contributed by atoms with Crippen LogP contribution in [0.2, 0.25) is 0 Å². The molecule has 0 aliphatic carbocycles. The van der Waals surface area contributed by atoms with E-state index in [9.17, 15) is 4.79 Å². The molecule has 0 radical (unpaired) electrons. The number of aryl methyl sites for hydroxylation is 4. The van der Waals surface area contributed by atoms with Crippen molar-refractivity contribution in [1.82, 2.24) is 4.90 Å². The zero-order valence-corrected chi connectivity index (χ0v) is 15.7. The summed E-state index contributed by atoms with van der Waals surface area (Å²) < 4.78 is 0. The molecule has 1 aliphatic heterocycles. The Bertz CT molecular complexity index is 741. The summed E-state index contributed by atoms with van der Waals surface area (Å²) in [5.41, 5.74) is 7.11. The maximum Gasteiger partial charge on any atom is 0.238 e. The highest BCUT2D eigenvalue weighted by molar-refractivity contribution is 5.93. The summed E-state index contributed by atoms with van der Waals surface area (Å²) in [5.74, 6) is 0.0775. The van der Waals surface area contributed by atoms with Gasteiger partial charge in [-0.3, -0.25) is 9.69 Å². The molecule has 1 N–H and O–H groups in total. The van der Waals surface area contributed by atoms with Gasteiger partial charge in [0.15, 0.2) is 0 Å². The Morgan fingerprint density at radius 3 is 2.36 bits per heavy atom. The molecule has 3 nitrogen and oxygen atoms in total. The fraction of sp³-hybridized carbons (Fsp3) is 0.409. The van der Waals surface area contributed by atoms with Gasteiger partial charge >= 0.3 is 0 Å². The summed E-state index contributed by atoms with van der Waals surface area (Å²) in [6.07, 6.45) is 2.27. The van der Waals surface area contributed by atoms with E-state index in [1.54, 1.807) is 0 Å². The highest BCUT2D eigenvalue weighted by atomic mass is 16.2. The number of hydrogen-bond donors (Lipinski definition) is 1. The molecule has 0 aromatic heterocycles. The fourth-order valence-corrected chi connectivity index (χ4v) is 3.97. The average Bonchev–Trinajstić information content (AvgIpc) is 2.98. The molecular formula is C22H28N2O. The van der Waals surface area contributed by atoms with Crippen LogP contribution in [-0.4, -0.2) is 23.9 Å². The number of likely N-dealkylation sites (tertiary alicyclic amines) is 1. The summed E-state index contributed by atoms with van der Waals surface area (Å²) in [7, 11) is 0. The molecule has 2 aromatic rings. The van der Waals surface area contributed by atoms with Gasteiger partial charge < -0.3 is 5.32 Å². The van der Waals surface area contributed by atoms with Gasteiger partial charge in [-0.2, -0.15) is 0 Å². The minimum Gasteiger partial charge on any atom is -0.324 e. The van der Waals surface area contributed by atoms with Gasteiger partial charge in [-0.25, -0.2) is 0 Å². The third-order valence-corrected chi connectivity index (χ3v) is 5.08. The topological polar surface area (TPSA) is 32.3 Å². The van der Waals surface area contributed by atoms with E-state index in [2.05, 4.69) is 42.3 Å². The lowest BCUT2D eigenvalue weighted by atomic mass is 9.99. The maximum absolute atomic E-state index is 12.6. The number of carbonyl (C=O) groups is 1. The molecule has 1 saturated heterocycles. The Balaban J connectivity index is 1.72. The van der Waals surface area contributed by atoms with Crippen molar-refractivity contribution in [2.45, 2.75) is 46.6 Å². The number of carbonyl (C=O) groups excluding carboxylic acids is 1. The van der Waals surface area contributed by atoms with E-state index in [0.717, 1.165) is 36.2 Å². The van der Waals surface area contributed by atoms with E-state index in [-0.39, 0.29) is 5.91 Å². The zero-order valence-electron chi connectivity index (χ0n) is 15.7.